The van der Waals surface area contributed by atoms with Gasteiger partial charge in [0.25, 0.3) is 5.91 Å². The SMILES string of the molecule is Cc1cc(C)cc(OC(C)C(=O)Nc2c(C(=O)c3ccc(Cl)cc3)oc3ccccc23)c1. The molecule has 3 aromatic carbocycles. The predicted octanol–water partition coefficient (Wildman–Crippen LogP) is 6.34. The fourth-order valence-electron chi connectivity index (χ4n) is 3.55. The molecule has 5 nitrogen and oxygen atoms in total. The number of carbonyl (C=O) groups is 2. The molecule has 0 radical (unpaired) electrons. The van der Waals surface area contributed by atoms with Crippen molar-refractivity contribution in [3.05, 3.63) is 94.2 Å². The van der Waals surface area contributed by atoms with Gasteiger partial charge in [0.1, 0.15) is 11.3 Å². The van der Waals surface area contributed by atoms with Gasteiger partial charge < -0.3 is 14.5 Å². The maximum atomic E-state index is 13.1. The molecule has 32 heavy (non-hydrogen) atoms. The number of ketones is 1. The number of furan rings is 1. The topological polar surface area (TPSA) is 68.5 Å². The molecular formula is C26H22ClNO4. The highest BCUT2D eigenvalue weighted by molar-refractivity contribution is 6.30. The summed E-state index contributed by atoms with van der Waals surface area (Å²) in [4.78, 5) is 26.1. The number of aryl methyl sites for hydroxylation is 2. The Morgan fingerprint density at radius 3 is 2.31 bits per heavy atom. The Bertz CT molecular complexity index is 1290. The number of ether oxygens (including phenoxy) is 1. The van der Waals surface area contributed by atoms with E-state index in [1.54, 1.807) is 49.4 Å². The van der Waals surface area contributed by atoms with Gasteiger partial charge in [-0.3, -0.25) is 9.59 Å². The number of amides is 1. The molecule has 6 heteroatoms. The Labute approximate surface area is 191 Å². The van der Waals surface area contributed by atoms with E-state index >= 15 is 0 Å². The van der Waals surface area contributed by atoms with Crippen LogP contribution < -0.4 is 10.1 Å². The second-order valence-corrected chi connectivity index (χ2v) is 8.15. The molecule has 1 atom stereocenters. The fraction of sp³-hybridized carbons (Fsp3) is 0.154. The first-order valence-corrected chi connectivity index (χ1v) is 10.6. The van der Waals surface area contributed by atoms with Gasteiger partial charge in [0.05, 0.1) is 5.69 Å². The molecule has 4 aromatic rings. The van der Waals surface area contributed by atoms with Gasteiger partial charge in [-0.1, -0.05) is 29.8 Å². The Balaban J connectivity index is 1.64. The monoisotopic (exact) mass is 447 g/mol. The first-order valence-electron chi connectivity index (χ1n) is 10.2. The van der Waals surface area contributed by atoms with Crippen LogP contribution in [-0.4, -0.2) is 17.8 Å². The highest BCUT2D eigenvalue weighted by Gasteiger charge is 2.25. The van der Waals surface area contributed by atoms with E-state index in [1.807, 2.05) is 38.1 Å². The molecule has 1 N–H and O–H groups in total. The number of carbonyl (C=O) groups excluding carboxylic acids is 2. The molecule has 0 saturated heterocycles. The lowest BCUT2D eigenvalue weighted by Crippen LogP contribution is -2.30. The van der Waals surface area contributed by atoms with Gasteiger partial charge in [-0.15, -0.1) is 0 Å². The van der Waals surface area contributed by atoms with Crippen molar-refractivity contribution in [3.8, 4) is 5.75 Å². The van der Waals surface area contributed by atoms with E-state index in [1.165, 1.54) is 0 Å². The van der Waals surface area contributed by atoms with Crippen molar-refractivity contribution in [2.24, 2.45) is 0 Å². The van der Waals surface area contributed by atoms with E-state index in [9.17, 15) is 9.59 Å². The van der Waals surface area contributed by atoms with Crippen molar-refractivity contribution in [1.82, 2.24) is 0 Å². The minimum Gasteiger partial charge on any atom is -0.481 e. The molecule has 0 spiro atoms. The molecule has 0 bridgehead atoms. The van der Waals surface area contributed by atoms with Gasteiger partial charge in [-0.2, -0.15) is 0 Å². The summed E-state index contributed by atoms with van der Waals surface area (Å²) in [6.45, 7) is 5.60. The van der Waals surface area contributed by atoms with Gasteiger partial charge in [-0.25, -0.2) is 0 Å². The van der Waals surface area contributed by atoms with Crippen LogP contribution in [0.3, 0.4) is 0 Å². The van der Waals surface area contributed by atoms with Crippen LogP contribution in [-0.2, 0) is 4.79 Å². The standard InChI is InChI=1S/C26H22ClNO4/c1-15-12-16(2)14-20(13-15)31-17(3)26(30)28-23-21-6-4-5-7-22(21)32-25(23)24(29)18-8-10-19(27)11-9-18/h4-14,17H,1-3H3,(H,28,30). The molecule has 0 saturated carbocycles. The normalized spacial score (nSPS) is 11.9. The fourth-order valence-corrected chi connectivity index (χ4v) is 3.67. The first-order chi connectivity index (χ1) is 15.3. The Morgan fingerprint density at radius 1 is 0.969 bits per heavy atom. The Morgan fingerprint density at radius 2 is 1.62 bits per heavy atom. The quantitative estimate of drug-likeness (QED) is 0.350. The maximum absolute atomic E-state index is 13.1. The molecule has 1 amide bonds. The number of anilines is 1. The molecule has 1 unspecified atom stereocenters. The number of fused-ring (bicyclic) bond motifs is 1. The highest BCUT2D eigenvalue weighted by atomic mass is 35.5. The third-order valence-electron chi connectivity index (χ3n) is 5.03. The number of nitrogens with one attached hydrogen (secondary N) is 1. The third-order valence-corrected chi connectivity index (χ3v) is 5.29. The zero-order valence-electron chi connectivity index (χ0n) is 17.9. The predicted molar refractivity (Wildman–Crippen MR) is 126 cm³/mol. The van der Waals surface area contributed by atoms with E-state index < -0.39 is 6.10 Å². The molecule has 0 aliphatic carbocycles. The summed E-state index contributed by atoms with van der Waals surface area (Å²) in [7, 11) is 0. The van der Waals surface area contributed by atoms with Crippen molar-refractivity contribution in [2.45, 2.75) is 26.9 Å². The van der Waals surface area contributed by atoms with Crippen LogP contribution >= 0.6 is 11.6 Å². The summed E-state index contributed by atoms with van der Waals surface area (Å²) >= 11 is 5.94. The number of hydrogen-bond donors (Lipinski definition) is 1. The van der Waals surface area contributed by atoms with Gasteiger partial charge in [0.2, 0.25) is 5.78 Å². The number of halogens is 1. The van der Waals surface area contributed by atoms with Crippen molar-refractivity contribution < 1.29 is 18.7 Å². The molecule has 0 aliphatic rings. The number of para-hydroxylation sites is 1. The molecular weight excluding hydrogens is 426 g/mol. The van der Waals surface area contributed by atoms with E-state index in [4.69, 9.17) is 20.8 Å². The van der Waals surface area contributed by atoms with Crippen molar-refractivity contribution in [1.29, 1.82) is 0 Å². The highest BCUT2D eigenvalue weighted by Crippen LogP contribution is 2.33. The van der Waals surface area contributed by atoms with E-state index in [0.29, 0.717) is 33.0 Å². The molecule has 0 fully saturated rings. The van der Waals surface area contributed by atoms with Gasteiger partial charge in [0, 0.05) is 16.0 Å². The first kappa shape index (κ1) is 21.7. The van der Waals surface area contributed by atoms with E-state index in [2.05, 4.69) is 5.32 Å². The van der Waals surface area contributed by atoms with Crippen molar-refractivity contribution in [2.75, 3.05) is 5.32 Å². The summed E-state index contributed by atoms with van der Waals surface area (Å²) in [6.07, 6.45) is -0.789. The van der Waals surface area contributed by atoms with Gasteiger partial charge in [0.15, 0.2) is 11.9 Å². The molecule has 162 valence electrons. The zero-order chi connectivity index (χ0) is 22.8. The molecule has 4 rings (SSSR count). The van der Waals surface area contributed by atoms with Crippen molar-refractivity contribution >= 4 is 39.9 Å². The summed E-state index contributed by atoms with van der Waals surface area (Å²) in [5.41, 5.74) is 3.32. The van der Waals surface area contributed by atoms with E-state index in [-0.39, 0.29) is 17.5 Å². The maximum Gasteiger partial charge on any atom is 0.265 e. The average Bonchev–Trinajstić information content (AvgIpc) is 3.11. The van der Waals surface area contributed by atoms with Crippen LogP contribution in [0, 0.1) is 13.8 Å². The second-order valence-electron chi connectivity index (χ2n) is 7.71. The van der Waals surface area contributed by atoms with Crippen LogP contribution in [0.2, 0.25) is 5.02 Å². The minimum atomic E-state index is -0.789. The molecule has 1 heterocycles. The summed E-state index contributed by atoms with van der Waals surface area (Å²) in [5.74, 6) is -0.0722. The zero-order valence-corrected chi connectivity index (χ0v) is 18.7. The number of hydrogen-bond acceptors (Lipinski definition) is 4. The average molecular weight is 448 g/mol. The second kappa shape index (κ2) is 8.89. The Kier molecular flexibility index (Phi) is 6.01. The Hall–Kier alpha value is -3.57. The van der Waals surface area contributed by atoms with Crippen LogP contribution in [0.25, 0.3) is 11.0 Å². The minimum absolute atomic E-state index is 0.0560. The lowest BCUT2D eigenvalue weighted by atomic mass is 10.1. The number of rotatable bonds is 6. The summed E-state index contributed by atoms with van der Waals surface area (Å²) in [5, 5.41) is 4.00. The molecule has 0 aliphatic heterocycles. The third kappa shape index (κ3) is 4.53. The largest absolute Gasteiger partial charge is 0.481 e. The van der Waals surface area contributed by atoms with Gasteiger partial charge >= 0.3 is 0 Å². The smallest absolute Gasteiger partial charge is 0.265 e. The molecule has 1 aromatic heterocycles. The van der Waals surface area contributed by atoms with Crippen LogP contribution in [0.15, 0.2) is 71.1 Å². The lowest BCUT2D eigenvalue weighted by Gasteiger charge is -2.16. The lowest BCUT2D eigenvalue weighted by molar-refractivity contribution is -0.122. The van der Waals surface area contributed by atoms with E-state index in [0.717, 1.165) is 11.1 Å². The van der Waals surface area contributed by atoms with Crippen LogP contribution in [0.4, 0.5) is 5.69 Å². The van der Waals surface area contributed by atoms with Gasteiger partial charge in [-0.05, 0) is 80.4 Å². The van der Waals surface area contributed by atoms with Crippen molar-refractivity contribution in [3.63, 3.8) is 0 Å². The van der Waals surface area contributed by atoms with Crippen LogP contribution in [0.1, 0.15) is 34.2 Å². The van der Waals surface area contributed by atoms with Crippen LogP contribution in [0.5, 0.6) is 5.75 Å². The number of benzene rings is 3. The summed E-state index contributed by atoms with van der Waals surface area (Å²) in [6, 6.07) is 19.5. The summed E-state index contributed by atoms with van der Waals surface area (Å²) < 4.78 is 11.7.